The van der Waals surface area contributed by atoms with E-state index in [1.54, 1.807) is 6.92 Å². The van der Waals surface area contributed by atoms with E-state index in [9.17, 15) is 23.5 Å². The van der Waals surface area contributed by atoms with Crippen LogP contribution in [0.15, 0.2) is 17.1 Å². The molecule has 2 aliphatic rings. The molecule has 1 aliphatic carbocycles. The minimum Gasteiger partial charge on any atom is -0.477 e. The Morgan fingerprint density at radius 2 is 2.00 bits per heavy atom. The molecule has 2 atom stereocenters. The molecule has 138 valence electrons. The fraction of sp³-hybridized carbons (Fsp3) is 0.444. The Morgan fingerprint density at radius 3 is 2.58 bits per heavy atom. The number of hydrogen-bond acceptors (Lipinski definition) is 4. The van der Waals surface area contributed by atoms with Crippen LogP contribution < -0.4 is 15.6 Å². The Labute approximate surface area is 148 Å². The van der Waals surface area contributed by atoms with Crippen LogP contribution in [-0.2, 0) is 0 Å². The Bertz CT molecular complexity index is 967. The first-order valence-corrected chi connectivity index (χ1v) is 8.61. The molecule has 1 saturated heterocycles. The van der Waals surface area contributed by atoms with Crippen molar-refractivity contribution in [1.29, 1.82) is 0 Å². The maximum atomic E-state index is 14.9. The van der Waals surface area contributed by atoms with Crippen molar-refractivity contribution in [3.63, 3.8) is 0 Å². The minimum atomic E-state index is -1.40. The largest absolute Gasteiger partial charge is 0.477 e. The number of carboxylic acids is 1. The van der Waals surface area contributed by atoms with Crippen LogP contribution in [0.1, 0.15) is 28.4 Å². The molecule has 6 nitrogen and oxygen atoms in total. The maximum Gasteiger partial charge on any atom is 0.341 e. The normalized spacial score (nSPS) is 22.7. The lowest BCUT2D eigenvalue weighted by Crippen LogP contribution is -2.44. The number of fused-ring (bicyclic) bond motifs is 1. The summed E-state index contributed by atoms with van der Waals surface area (Å²) in [7, 11) is 0. The van der Waals surface area contributed by atoms with Gasteiger partial charge in [0.05, 0.1) is 17.2 Å². The van der Waals surface area contributed by atoms with Crippen LogP contribution in [0, 0.1) is 12.7 Å². The van der Waals surface area contributed by atoms with E-state index in [0.29, 0.717) is 29.9 Å². The van der Waals surface area contributed by atoms with E-state index in [2.05, 4.69) is 5.32 Å². The van der Waals surface area contributed by atoms with Gasteiger partial charge in [-0.05, 0) is 18.6 Å². The molecule has 1 aromatic carbocycles. The molecule has 0 amide bonds. The predicted molar refractivity (Wildman–Crippen MR) is 93.5 cm³/mol. The van der Waals surface area contributed by atoms with Gasteiger partial charge in [-0.2, -0.15) is 0 Å². The minimum absolute atomic E-state index is 0.0158. The average Bonchev–Trinajstić information content (AvgIpc) is 3.33. The van der Waals surface area contributed by atoms with Crippen molar-refractivity contribution < 1.29 is 18.7 Å². The highest BCUT2D eigenvalue weighted by atomic mass is 19.1. The van der Waals surface area contributed by atoms with E-state index in [1.165, 1.54) is 10.8 Å². The molecule has 26 heavy (non-hydrogen) atoms. The van der Waals surface area contributed by atoms with Gasteiger partial charge in [0, 0.05) is 44.2 Å². The van der Waals surface area contributed by atoms with Crippen LogP contribution >= 0.6 is 0 Å². The van der Waals surface area contributed by atoms with E-state index in [1.807, 2.05) is 4.90 Å². The van der Waals surface area contributed by atoms with Gasteiger partial charge in [0.1, 0.15) is 17.6 Å². The van der Waals surface area contributed by atoms with Gasteiger partial charge in [-0.15, -0.1) is 0 Å². The summed E-state index contributed by atoms with van der Waals surface area (Å²) in [5.41, 5.74) is 0.139. The summed E-state index contributed by atoms with van der Waals surface area (Å²) in [6.07, 6.45) is 0.370. The van der Waals surface area contributed by atoms with Crippen molar-refractivity contribution in [3.05, 3.63) is 39.4 Å². The number of piperazine rings is 1. The molecule has 8 heteroatoms. The molecule has 2 N–H and O–H groups in total. The van der Waals surface area contributed by atoms with Gasteiger partial charge in [-0.25, -0.2) is 13.6 Å². The van der Waals surface area contributed by atoms with Gasteiger partial charge >= 0.3 is 5.97 Å². The third-order valence-corrected chi connectivity index (χ3v) is 5.18. The maximum absolute atomic E-state index is 14.9. The van der Waals surface area contributed by atoms with E-state index in [4.69, 9.17) is 0 Å². The van der Waals surface area contributed by atoms with E-state index in [0.717, 1.165) is 19.2 Å². The van der Waals surface area contributed by atoms with E-state index >= 15 is 0 Å². The molecular weight excluding hydrogens is 344 g/mol. The Kier molecular flexibility index (Phi) is 3.95. The summed E-state index contributed by atoms with van der Waals surface area (Å²) in [6.45, 7) is 4.38. The zero-order valence-corrected chi connectivity index (χ0v) is 14.3. The van der Waals surface area contributed by atoms with Crippen LogP contribution in [-0.4, -0.2) is 48.0 Å². The molecular formula is C18H19F2N3O3. The first-order chi connectivity index (χ1) is 12.4. The standard InChI is InChI=1S/C18H19F2N3O3/c1-9-15-10(6-13(20)16(9)22-4-2-21-3-5-22)17(24)11(18(25)26)8-23(15)14-7-12(14)19/h6,8,12,14,21H,2-5,7H2,1H3,(H,25,26). The van der Waals surface area contributed by atoms with Gasteiger partial charge in [-0.3, -0.25) is 4.79 Å². The summed E-state index contributed by atoms with van der Waals surface area (Å²) >= 11 is 0. The van der Waals surface area contributed by atoms with Crippen molar-refractivity contribution in [3.8, 4) is 0 Å². The molecule has 2 fully saturated rings. The molecule has 1 saturated carbocycles. The zero-order chi connectivity index (χ0) is 18.6. The van der Waals surface area contributed by atoms with Crippen molar-refractivity contribution in [1.82, 2.24) is 9.88 Å². The van der Waals surface area contributed by atoms with Crippen LogP contribution in [0.3, 0.4) is 0 Å². The number of benzene rings is 1. The van der Waals surface area contributed by atoms with Crippen molar-refractivity contribution in [2.24, 2.45) is 0 Å². The topological polar surface area (TPSA) is 74.6 Å². The average molecular weight is 363 g/mol. The molecule has 2 heterocycles. The van der Waals surface area contributed by atoms with E-state index in [-0.39, 0.29) is 11.8 Å². The highest BCUT2D eigenvalue weighted by Gasteiger charge is 2.40. The van der Waals surface area contributed by atoms with Crippen molar-refractivity contribution in [2.45, 2.75) is 25.6 Å². The number of carboxylic acid groups (broad SMARTS) is 1. The summed E-state index contributed by atoms with van der Waals surface area (Å²) in [5.74, 6) is -1.96. The SMILES string of the molecule is Cc1c(N2CCNCC2)c(F)cc2c(=O)c(C(=O)O)cn(C3CC3F)c12. The van der Waals surface area contributed by atoms with Gasteiger partial charge in [0.2, 0.25) is 5.43 Å². The number of anilines is 1. The highest BCUT2D eigenvalue weighted by Crippen LogP contribution is 2.42. The number of rotatable bonds is 3. The smallest absolute Gasteiger partial charge is 0.341 e. The molecule has 1 aliphatic heterocycles. The summed E-state index contributed by atoms with van der Waals surface area (Å²) in [4.78, 5) is 25.9. The van der Waals surface area contributed by atoms with Gasteiger partial charge in [-0.1, -0.05) is 0 Å². The third kappa shape index (κ3) is 2.56. The Hall–Kier alpha value is -2.48. The second kappa shape index (κ2) is 6.05. The predicted octanol–water partition coefficient (Wildman–Crippen LogP) is 1.84. The third-order valence-electron chi connectivity index (χ3n) is 5.18. The molecule has 0 bridgehead atoms. The van der Waals surface area contributed by atoms with Crippen LogP contribution in [0.5, 0.6) is 0 Å². The second-order valence-electron chi connectivity index (χ2n) is 6.87. The molecule has 2 aromatic rings. The number of pyridine rings is 1. The number of aromatic carboxylic acids is 1. The van der Waals surface area contributed by atoms with Crippen molar-refractivity contribution in [2.75, 3.05) is 31.1 Å². The fourth-order valence-electron chi connectivity index (χ4n) is 3.80. The number of aromatic nitrogens is 1. The highest BCUT2D eigenvalue weighted by molar-refractivity contribution is 5.95. The number of halogens is 2. The number of hydrogen-bond donors (Lipinski definition) is 2. The number of aryl methyl sites for hydroxylation is 1. The van der Waals surface area contributed by atoms with Gasteiger partial charge in [0.15, 0.2) is 0 Å². The molecule has 1 aromatic heterocycles. The summed E-state index contributed by atoms with van der Waals surface area (Å²) in [5, 5.41) is 12.5. The lowest BCUT2D eigenvalue weighted by molar-refractivity contribution is 0.0694. The molecule has 0 spiro atoms. The lowest BCUT2D eigenvalue weighted by atomic mass is 10.0. The van der Waals surface area contributed by atoms with Crippen LogP contribution in [0.2, 0.25) is 0 Å². The first kappa shape index (κ1) is 17.0. The first-order valence-electron chi connectivity index (χ1n) is 8.61. The van der Waals surface area contributed by atoms with Crippen LogP contribution in [0.25, 0.3) is 10.9 Å². The Morgan fingerprint density at radius 1 is 1.35 bits per heavy atom. The number of carbonyl (C=O) groups is 1. The van der Waals surface area contributed by atoms with Crippen molar-refractivity contribution >= 4 is 22.6 Å². The van der Waals surface area contributed by atoms with Gasteiger partial charge in [0.25, 0.3) is 0 Å². The Balaban J connectivity index is 2.02. The monoisotopic (exact) mass is 363 g/mol. The second-order valence-corrected chi connectivity index (χ2v) is 6.87. The van der Waals surface area contributed by atoms with Crippen LogP contribution in [0.4, 0.5) is 14.5 Å². The molecule has 0 radical (unpaired) electrons. The lowest BCUT2D eigenvalue weighted by Gasteiger charge is -2.31. The molecule has 4 rings (SSSR count). The number of nitrogens with one attached hydrogen (secondary N) is 1. The van der Waals surface area contributed by atoms with E-state index < -0.39 is 35.0 Å². The quantitative estimate of drug-likeness (QED) is 0.871. The zero-order valence-electron chi connectivity index (χ0n) is 14.3. The summed E-state index contributed by atoms with van der Waals surface area (Å²) < 4.78 is 30.1. The number of nitrogens with zero attached hydrogens (tertiary/aromatic N) is 2. The molecule has 2 unspecified atom stereocenters. The fourth-order valence-corrected chi connectivity index (χ4v) is 3.80. The summed E-state index contributed by atoms with van der Waals surface area (Å²) in [6, 6.07) is 0.580. The number of alkyl halides is 1. The van der Waals surface area contributed by atoms with Gasteiger partial charge < -0.3 is 19.9 Å².